The van der Waals surface area contributed by atoms with Crippen molar-refractivity contribution in [1.82, 2.24) is 0 Å². The first-order chi connectivity index (χ1) is 9.52. The summed E-state index contributed by atoms with van der Waals surface area (Å²) in [6, 6.07) is 14.3. The molecule has 0 saturated carbocycles. The zero-order valence-corrected chi connectivity index (χ0v) is 13.1. The van der Waals surface area contributed by atoms with Crippen molar-refractivity contribution in [2.45, 2.75) is 12.8 Å². The summed E-state index contributed by atoms with van der Waals surface area (Å²) in [7, 11) is 0. The maximum atomic E-state index is 12.5. The molecule has 0 aliphatic carbocycles. The Balaban J connectivity index is 2.39. The summed E-state index contributed by atoms with van der Waals surface area (Å²) in [6.45, 7) is 1.94. The first kappa shape index (κ1) is 14.8. The van der Waals surface area contributed by atoms with Crippen molar-refractivity contribution in [2.24, 2.45) is 0 Å². The largest absolute Gasteiger partial charge is 0.292 e. The summed E-state index contributed by atoms with van der Waals surface area (Å²) in [5, 5.41) is 9.89. The molecule has 100 valence electrons. The molecule has 2 nitrogen and oxygen atoms in total. The number of halogens is 2. The number of benzene rings is 2. The molecular formula is C16H11BrClNO. The predicted molar refractivity (Wildman–Crippen MR) is 83.0 cm³/mol. The molecule has 0 saturated heterocycles. The smallest absolute Gasteiger partial charge is 0.185 e. The van der Waals surface area contributed by atoms with Crippen molar-refractivity contribution in [1.29, 1.82) is 5.26 Å². The molecule has 0 aliphatic heterocycles. The minimum absolute atomic E-state index is 0.221. The van der Waals surface area contributed by atoms with E-state index in [0.29, 0.717) is 20.6 Å². The van der Waals surface area contributed by atoms with Crippen LogP contribution in [-0.2, 0) is 0 Å². The second-order valence-corrected chi connectivity index (χ2v) is 5.75. The van der Waals surface area contributed by atoms with Crippen molar-refractivity contribution in [3.8, 4) is 6.07 Å². The summed E-state index contributed by atoms with van der Waals surface area (Å²) in [6.07, 6.45) is 0. The number of nitrogens with zero attached hydrogens (tertiary/aromatic N) is 1. The van der Waals surface area contributed by atoms with E-state index in [0.717, 1.165) is 5.56 Å². The van der Waals surface area contributed by atoms with Crippen LogP contribution >= 0.6 is 27.5 Å². The number of nitriles is 1. The molecule has 2 rings (SSSR count). The van der Waals surface area contributed by atoms with Gasteiger partial charge in [0.2, 0.25) is 0 Å². The molecule has 0 aromatic heterocycles. The molecule has 1 unspecified atom stereocenters. The van der Waals surface area contributed by atoms with Gasteiger partial charge in [-0.25, -0.2) is 0 Å². The minimum atomic E-state index is -0.828. The number of carbonyl (C=O) groups is 1. The van der Waals surface area contributed by atoms with Crippen molar-refractivity contribution < 1.29 is 4.79 Å². The van der Waals surface area contributed by atoms with Gasteiger partial charge in [-0.1, -0.05) is 45.7 Å². The molecule has 20 heavy (non-hydrogen) atoms. The van der Waals surface area contributed by atoms with E-state index in [4.69, 9.17) is 11.6 Å². The number of ketones is 1. The fourth-order valence-electron chi connectivity index (χ4n) is 1.92. The van der Waals surface area contributed by atoms with Gasteiger partial charge in [0.1, 0.15) is 5.92 Å². The van der Waals surface area contributed by atoms with Crippen LogP contribution in [0.1, 0.15) is 27.4 Å². The molecule has 0 radical (unpaired) electrons. The van der Waals surface area contributed by atoms with E-state index in [1.807, 2.05) is 19.1 Å². The van der Waals surface area contributed by atoms with E-state index in [2.05, 4.69) is 22.0 Å². The summed E-state index contributed by atoms with van der Waals surface area (Å²) in [4.78, 5) is 12.5. The number of hydrogen-bond acceptors (Lipinski definition) is 2. The summed E-state index contributed by atoms with van der Waals surface area (Å²) in [5.74, 6) is -1.05. The molecular weight excluding hydrogens is 338 g/mol. The fraction of sp³-hybridized carbons (Fsp3) is 0.125. The van der Waals surface area contributed by atoms with Gasteiger partial charge in [0.05, 0.1) is 6.07 Å². The van der Waals surface area contributed by atoms with E-state index < -0.39 is 5.92 Å². The van der Waals surface area contributed by atoms with Gasteiger partial charge in [-0.15, -0.1) is 0 Å². The van der Waals surface area contributed by atoms with Crippen LogP contribution in [0.4, 0.5) is 0 Å². The fourth-order valence-corrected chi connectivity index (χ4v) is 2.73. The zero-order chi connectivity index (χ0) is 14.7. The Bertz CT molecular complexity index is 689. The Kier molecular flexibility index (Phi) is 4.59. The van der Waals surface area contributed by atoms with Crippen molar-refractivity contribution >= 4 is 33.3 Å². The van der Waals surface area contributed by atoms with Crippen LogP contribution in [0.25, 0.3) is 0 Å². The van der Waals surface area contributed by atoms with Crippen LogP contribution in [0.15, 0.2) is 46.9 Å². The summed E-state index contributed by atoms with van der Waals surface area (Å²) in [5.41, 5.74) is 2.21. The zero-order valence-electron chi connectivity index (χ0n) is 10.7. The van der Waals surface area contributed by atoms with Crippen molar-refractivity contribution in [2.75, 3.05) is 0 Å². The Labute approximate surface area is 131 Å². The van der Waals surface area contributed by atoms with E-state index >= 15 is 0 Å². The number of carbonyl (C=O) groups excluding carboxylic acids is 1. The molecule has 2 aromatic carbocycles. The Hall–Kier alpha value is -1.63. The highest BCUT2D eigenvalue weighted by Crippen LogP contribution is 2.26. The van der Waals surface area contributed by atoms with Crippen LogP contribution in [0, 0.1) is 18.3 Å². The second kappa shape index (κ2) is 6.21. The molecule has 1 atom stereocenters. The highest BCUT2D eigenvalue weighted by Gasteiger charge is 2.23. The van der Waals surface area contributed by atoms with Crippen LogP contribution in [0.3, 0.4) is 0 Å². The standard InChI is InChI=1S/C16H11BrClNO/c1-10-2-7-13(15(17)8-10)16(20)14(9-19)11-3-5-12(18)6-4-11/h2-8,14H,1H3. The number of hydrogen-bond donors (Lipinski definition) is 0. The minimum Gasteiger partial charge on any atom is -0.292 e. The molecule has 0 fully saturated rings. The quantitative estimate of drug-likeness (QED) is 0.740. The van der Waals surface area contributed by atoms with Crippen molar-refractivity contribution in [3.05, 3.63) is 68.7 Å². The van der Waals surface area contributed by atoms with E-state index in [1.54, 1.807) is 30.3 Å². The predicted octanol–water partition coefficient (Wildman–Crippen LogP) is 4.90. The average Bonchev–Trinajstić information content (AvgIpc) is 2.41. The molecule has 0 bridgehead atoms. The van der Waals surface area contributed by atoms with E-state index in [1.165, 1.54) is 0 Å². The first-order valence-electron chi connectivity index (χ1n) is 5.98. The monoisotopic (exact) mass is 347 g/mol. The summed E-state index contributed by atoms with van der Waals surface area (Å²) >= 11 is 9.20. The third-order valence-electron chi connectivity index (χ3n) is 2.98. The summed E-state index contributed by atoms with van der Waals surface area (Å²) < 4.78 is 0.705. The van der Waals surface area contributed by atoms with E-state index in [-0.39, 0.29) is 5.78 Å². The maximum Gasteiger partial charge on any atom is 0.185 e. The van der Waals surface area contributed by atoms with Gasteiger partial charge in [-0.3, -0.25) is 4.79 Å². The normalized spacial score (nSPS) is 11.7. The van der Waals surface area contributed by atoms with Gasteiger partial charge in [0, 0.05) is 15.1 Å². The lowest BCUT2D eigenvalue weighted by atomic mass is 9.91. The highest BCUT2D eigenvalue weighted by atomic mass is 79.9. The third-order valence-corrected chi connectivity index (χ3v) is 3.89. The van der Waals surface area contributed by atoms with Crippen molar-refractivity contribution in [3.63, 3.8) is 0 Å². The molecule has 0 N–H and O–H groups in total. The Morgan fingerprint density at radius 3 is 2.45 bits per heavy atom. The molecule has 2 aromatic rings. The van der Waals surface area contributed by atoms with Gasteiger partial charge < -0.3 is 0 Å². The molecule has 0 amide bonds. The molecule has 4 heteroatoms. The number of rotatable bonds is 3. The topological polar surface area (TPSA) is 40.9 Å². The van der Waals surface area contributed by atoms with Crippen LogP contribution in [0.5, 0.6) is 0 Å². The van der Waals surface area contributed by atoms with E-state index in [9.17, 15) is 10.1 Å². The van der Waals surface area contributed by atoms with Crippen LogP contribution < -0.4 is 0 Å². The molecule has 0 heterocycles. The Morgan fingerprint density at radius 2 is 1.90 bits per heavy atom. The maximum absolute atomic E-state index is 12.5. The van der Waals surface area contributed by atoms with Gasteiger partial charge >= 0.3 is 0 Å². The van der Waals surface area contributed by atoms with Gasteiger partial charge in [-0.05, 0) is 42.3 Å². The van der Waals surface area contributed by atoms with Gasteiger partial charge in [-0.2, -0.15) is 5.26 Å². The third kappa shape index (κ3) is 3.09. The Morgan fingerprint density at radius 1 is 1.25 bits per heavy atom. The lowest BCUT2D eigenvalue weighted by molar-refractivity contribution is 0.0978. The SMILES string of the molecule is Cc1ccc(C(=O)C(C#N)c2ccc(Cl)cc2)c(Br)c1. The van der Waals surface area contributed by atoms with Gasteiger partial charge in [0.15, 0.2) is 5.78 Å². The highest BCUT2D eigenvalue weighted by molar-refractivity contribution is 9.10. The molecule has 0 spiro atoms. The van der Waals surface area contributed by atoms with Crippen LogP contribution in [0.2, 0.25) is 5.02 Å². The number of aryl methyl sites for hydroxylation is 1. The number of Topliss-reactive ketones (excluding diaryl/α,β-unsaturated/α-hetero) is 1. The second-order valence-electron chi connectivity index (χ2n) is 4.46. The lowest BCUT2D eigenvalue weighted by Crippen LogP contribution is -2.12. The first-order valence-corrected chi connectivity index (χ1v) is 7.15. The van der Waals surface area contributed by atoms with Gasteiger partial charge in [0.25, 0.3) is 0 Å². The lowest BCUT2D eigenvalue weighted by Gasteiger charge is -2.10. The molecule has 0 aliphatic rings. The van der Waals surface area contributed by atoms with Crippen LogP contribution in [-0.4, -0.2) is 5.78 Å². The average molecular weight is 349 g/mol.